The van der Waals surface area contributed by atoms with Gasteiger partial charge < -0.3 is 14.6 Å². The van der Waals surface area contributed by atoms with Crippen molar-refractivity contribution < 1.29 is 14.6 Å². The van der Waals surface area contributed by atoms with Crippen LogP contribution in [0.4, 0.5) is 0 Å². The molecule has 0 spiro atoms. The van der Waals surface area contributed by atoms with E-state index in [9.17, 15) is 5.11 Å². The Labute approximate surface area is 138 Å². The first-order valence-electron chi connectivity index (χ1n) is 9.51. The first kappa shape index (κ1) is 21.9. The summed E-state index contributed by atoms with van der Waals surface area (Å²) in [6, 6.07) is 0. The molecule has 3 atom stereocenters. The Hall–Kier alpha value is -0.120. The zero-order chi connectivity index (χ0) is 16.6. The van der Waals surface area contributed by atoms with Crippen molar-refractivity contribution in [2.75, 3.05) is 26.4 Å². The van der Waals surface area contributed by atoms with Gasteiger partial charge in [0.1, 0.15) is 6.10 Å². The minimum atomic E-state index is -0.167. The Morgan fingerprint density at radius 1 is 0.773 bits per heavy atom. The minimum absolute atomic E-state index is 0.0516. The summed E-state index contributed by atoms with van der Waals surface area (Å²) in [4.78, 5) is 0. The lowest BCUT2D eigenvalue weighted by molar-refractivity contribution is -0.0600. The van der Waals surface area contributed by atoms with Gasteiger partial charge in [-0.25, -0.2) is 0 Å². The smallest absolute Gasteiger partial charge is 0.104 e. The van der Waals surface area contributed by atoms with Crippen molar-refractivity contribution in [1.82, 2.24) is 0 Å². The van der Waals surface area contributed by atoms with Crippen LogP contribution in [-0.4, -0.2) is 37.6 Å². The van der Waals surface area contributed by atoms with Crippen LogP contribution in [0.25, 0.3) is 0 Å². The molecule has 0 aromatic rings. The number of hydrogen-bond donors (Lipinski definition) is 1. The number of hydrogen-bond acceptors (Lipinski definition) is 3. The Morgan fingerprint density at radius 2 is 1.32 bits per heavy atom. The molecule has 0 bridgehead atoms. The van der Waals surface area contributed by atoms with Crippen LogP contribution in [0.15, 0.2) is 0 Å². The highest BCUT2D eigenvalue weighted by Crippen LogP contribution is 2.15. The summed E-state index contributed by atoms with van der Waals surface area (Å²) < 4.78 is 11.7. The number of aliphatic hydroxyl groups is 1. The van der Waals surface area contributed by atoms with Crippen LogP contribution in [0.3, 0.4) is 0 Å². The average molecular weight is 317 g/mol. The van der Waals surface area contributed by atoms with Crippen LogP contribution in [0, 0.1) is 11.8 Å². The predicted octanol–water partition coefficient (Wildman–Crippen LogP) is 4.81. The normalized spacial score (nSPS) is 15.7. The Balaban J connectivity index is 3.89. The van der Waals surface area contributed by atoms with E-state index in [0.29, 0.717) is 18.4 Å². The Kier molecular flexibility index (Phi) is 15.7. The second-order valence-corrected chi connectivity index (χ2v) is 6.51. The molecule has 0 aliphatic carbocycles. The molecule has 0 radical (unpaired) electrons. The van der Waals surface area contributed by atoms with Crippen LogP contribution in [0.2, 0.25) is 0 Å². The molecule has 22 heavy (non-hydrogen) atoms. The van der Waals surface area contributed by atoms with Gasteiger partial charge in [-0.15, -0.1) is 0 Å². The lowest BCUT2D eigenvalue weighted by Gasteiger charge is -2.21. The van der Waals surface area contributed by atoms with Gasteiger partial charge in [0, 0.05) is 13.2 Å². The molecule has 0 saturated heterocycles. The first-order chi connectivity index (χ1) is 10.7. The van der Waals surface area contributed by atoms with Crippen LogP contribution in [0.5, 0.6) is 0 Å². The van der Waals surface area contributed by atoms with Gasteiger partial charge in [0.25, 0.3) is 0 Å². The zero-order valence-electron chi connectivity index (χ0n) is 15.5. The SMILES string of the molecule is CCCCC(CC)COCC(CO)OCC(CC)CCCC. The van der Waals surface area contributed by atoms with E-state index in [-0.39, 0.29) is 12.7 Å². The van der Waals surface area contributed by atoms with Gasteiger partial charge in [0.2, 0.25) is 0 Å². The van der Waals surface area contributed by atoms with Gasteiger partial charge in [-0.1, -0.05) is 66.2 Å². The van der Waals surface area contributed by atoms with Crippen LogP contribution in [0.1, 0.15) is 79.1 Å². The number of unbranched alkanes of at least 4 members (excludes halogenated alkanes) is 2. The lowest BCUT2D eigenvalue weighted by atomic mass is 10.0. The fourth-order valence-electron chi connectivity index (χ4n) is 2.59. The molecule has 0 aliphatic heterocycles. The van der Waals surface area contributed by atoms with Crippen LogP contribution in [-0.2, 0) is 9.47 Å². The van der Waals surface area contributed by atoms with E-state index >= 15 is 0 Å². The lowest BCUT2D eigenvalue weighted by Crippen LogP contribution is -2.27. The molecular formula is C19H40O3. The summed E-state index contributed by atoms with van der Waals surface area (Å²) >= 11 is 0. The van der Waals surface area contributed by atoms with Gasteiger partial charge in [-0.3, -0.25) is 0 Å². The van der Waals surface area contributed by atoms with Crippen molar-refractivity contribution in [3.8, 4) is 0 Å². The van der Waals surface area contributed by atoms with E-state index in [4.69, 9.17) is 9.47 Å². The fraction of sp³-hybridized carbons (Fsp3) is 1.00. The van der Waals surface area contributed by atoms with Crippen molar-refractivity contribution in [3.63, 3.8) is 0 Å². The summed E-state index contributed by atoms with van der Waals surface area (Å²) in [6.45, 7) is 11.0. The third kappa shape index (κ3) is 11.4. The van der Waals surface area contributed by atoms with Gasteiger partial charge in [-0.05, 0) is 24.7 Å². The largest absolute Gasteiger partial charge is 0.394 e. The topological polar surface area (TPSA) is 38.7 Å². The molecule has 0 aliphatic rings. The molecule has 0 rings (SSSR count). The molecule has 1 N–H and O–H groups in total. The van der Waals surface area contributed by atoms with Crippen LogP contribution >= 0.6 is 0 Å². The van der Waals surface area contributed by atoms with Crippen molar-refractivity contribution in [3.05, 3.63) is 0 Å². The molecule has 134 valence electrons. The maximum atomic E-state index is 9.45. The standard InChI is InChI=1S/C19H40O3/c1-5-9-11-17(7-3)14-21-16-19(13-20)22-15-18(8-4)12-10-6-2/h17-20H,5-16H2,1-4H3. The van der Waals surface area contributed by atoms with Gasteiger partial charge in [0.05, 0.1) is 13.2 Å². The maximum absolute atomic E-state index is 9.45. The van der Waals surface area contributed by atoms with Crippen molar-refractivity contribution in [2.45, 2.75) is 85.2 Å². The molecule has 3 nitrogen and oxygen atoms in total. The molecule has 0 aromatic carbocycles. The summed E-state index contributed by atoms with van der Waals surface area (Å²) in [7, 11) is 0. The molecular weight excluding hydrogens is 276 g/mol. The highest BCUT2D eigenvalue weighted by molar-refractivity contribution is 4.61. The monoisotopic (exact) mass is 316 g/mol. The molecule has 0 aromatic heterocycles. The highest BCUT2D eigenvalue weighted by atomic mass is 16.5. The molecule has 0 saturated carbocycles. The quantitative estimate of drug-likeness (QED) is 0.444. The molecule has 0 amide bonds. The summed E-state index contributed by atoms with van der Waals surface area (Å²) in [5.74, 6) is 1.26. The maximum Gasteiger partial charge on any atom is 0.104 e. The van der Waals surface area contributed by atoms with Crippen LogP contribution < -0.4 is 0 Å². The van der Waals surface area contributed by atoms with E-state index in [2.05, 4.69) is 27.7 Å². The van der Waals surface area contributed by atoms with E-state index < -0.39 is 0 Å². The minimum Gasteiger partial charge on any atom is -0.394 e. The van der Waals surface area contributed by atoms with E-state index in [1.54, 1.807) is 0 Å². The Morgan fingerprint density at radius 3 is 1.77 bits per heavy atom. The predicted molar refractivity (Wildman–Crippen MR) is 94.3 cm³/mol. The molecule has 3 unspecified atom stereocenters. The zero-order valence-corrected chi connectivity index (χ0v) is 15.5. The molecule has 0 fully saturated rings. The molecule has 0 heterocycles. The van der Waals surface area contributed by atoms with E-state index in [1.807, 2.05) is 0 Å². The van der Waals surface area contributed by atoms with Gasteiger partial charge in [0.15, 0.2) is 0 Å². The third-order valence-corrected chi connectivity index (χ3v) is 4.52. The van der Waals surface area contributed by atoms with Crippen molar-refractivity contribution >= 4 is 0 Å². The van der Waals surface area contributed by atoms with E-state index in [1.165, 1.54) is 44.9 Å². The van der Waals surface area contributed by atoms with Gasteiger partial charge in [-0.2, -0.15) is 0 Å². The van der Waals surface area contributed by atoms with E-state index in [0.717, 1.165) is 19.6 Å². The highest BCUT2D eigenvalue weighted by Gasteiger charge is 2.14. The number of ether oxygens (including phenoxy) is 2. The second-order valence-electron chi connectivity index (χ2n) is 6.51. The first-order valence-corrected chi connectivity index (χ1v) is 9.51. The Bertz CT molecular complexity index is 221. The average Bonchev–Trinajstić information content (AvgIpc) is 2.55. The summed E-state index contributed by atoms with van der Waals surface area (Å²) in [6.07, 6.45) is 9.63. The summed E-state index contributed by atoms with van der Waals surface area (Å²) in [5.41, 5.74) is 0. The summed E-state index contributed by atoms with van der Waals surface area (Å²) in [5, 5.41) is 9.45. The third-order valence-electron chi connectivity index (χ3n) is 4.52. The second kappa shape index (κ2) is 15.8. The number of aliphatic hydroxyl groups excluding tert-OH is 1. The fourth-order valence-corrected chi connectivity index (χ4v) is 2.59. The molecule has 3 heteroatoms. The van der Waals surface area contributed by atoms with Gasteiger partial charge >= 0.3 is 0 Å². The van der Waals surface area contributed by atoms with Crippen molar-refractivity contribution in [2.24, 2.45) is 11.8 Å². The number of rotatable bonds is 16. The van der Waals surface area contributed by atoms with Crippen molar-refractivity contribution in [1.29, 1.82) is 0 Å².